The molecule has 3 heterocycles. The maximum atomic E-state index is 5.40. The van der Waals surface area contributed by atoms with E-state index in [1.807, 2.05) is 5.51 Å². The summed E-state index contributed by atoms with van der Waals surface area (Å²) in [6.45, 7) is 11.3. The third-order valence-corrected chi connectivity index (χ3v) is 5.27. The second-order valence-corrected chi connectivity index (χ2v) is 8.03. The van der Waals surface area contributed by atoms with Gasteiger partial charge in [0.25, 0.3) is 0 Å². The van der Waals surface area contributed by atoms with Gasteiger partial charge >= 0.3 is 0 Å². The smallest absolute Gasteiger partial charge is 0.226 e. The van der Waals surface area contributed by atoms with Gasteiger partial charge in [-0.1, -0.05) is 19.0 Å². The fourth-order valence-corrected chi connectivity index (χ4v) is 3.91. The van der Waals surface area contributed by atoms with Crippen molar-refractivity contribution in [3.8, 4) is 0 Å². The zero-order valence-corrected chi connectivity index (χ0v) is 15.6. The van der Waals surface area contributed by atoms with Gasteiger partial charge in [0, 0.05) is 24.4 Å². The Morgan fingerprint density at radius 3 is 2.96 bits per heavy atom. The van der Waals surface area contributed by atoms with Gasteiger partial charge in [-0.3, -0.25) is 4.90 Å². The van der Waals surface area contributed by atoms with Crippen LogP contribution in [0.15, 0.2) is 10.0 Å². The molecule has 24 heavy (non-hydrogen) atoms. The Labute approximate surface area is 147 Å². The first-order valence-corrected chi connectivity index (χ1v) is 9.61. The van der Waals surface area contributed by atoms with E-state index in [1.165, 1.54) is 11.3 Å². The van der Waals surface area contributed by atoms with Crippen molar-refractivity contribution in [2.75, 3.05) is 19.6 Å². The Bertz CT molecular complexity index is 632. The van der Waals surface area contributed by atoms with Crippen LogP contribution in [0.2, 0.25) is 0 Å². The normalized spacial score (nSPS) is 18.1. The lowest BCUT2D eigenvalue weighted by Gasteiger charge is -2.23. The third kappa shape index (κ3) is 4.84. The molecule has 132 valence electrons. The van der Waals surface area contributed by atoms with E-state index in [0.29, 0.717) is 11.8 Å². The van der Waals surface area contributed by atoms with Crippen molar-refractivity contribution >= 4 is 11.3 Å². The summed E-state index contributed by atoms with van der Waals surface area (Å²) in [5.74, 6) is 2.76. The van der Waals surface area contributed by atoms with Crippen molar-refractivity contribution in [1.29, 1.82) is 0 Å². The van der Waals surface area contributed by atoms with E-state index in [1.54, 1.807) is 11.3 Å². The van der Waals surface area contributed by atoms with E-state index in [4.69, 9.17) is 4.52 Å². The molecule has 1 fully saturated rings. The molecule has 0 unspecified atom stereocenters. The summed E-state index contributed by atoms with van der Waals surface area (Å²) in [5.41, 5.74) is 3.05. The highest BCUT2D eigenvalue weighted by atomic mass is 32.1. The zero-order valence-electron chi connectivity index (χ0n) is 14.8. The molecule has 0 spiro atoms. The first-order chi connectivity index (χ1) is 11.6. The fraction of sp³-hybridized carbons (Fsp3) is 0.706. The van der Waals surface area contributed by atoms with Gasteiger partial charge in [0.1, 0.15) is 0 Å². The summed E-state index contributed by atoms with van der Waals surface area (Å²) >= 11 is 1.73. The van der Waals surface area contributed by atoms with E-state index in [9.17, 15) is 0 Å². The van der Waals surface area contributed by atoms with Crippen molar-refractivity contribution in [1.82, 2.24) is 25.3 Å². The van der Waals surface area contributed by atoms with E-state index >= 15 is 0 Å². The monoisotopic (exact) mass is 349 g/mol. The van der Waals surface area contributed by atoms with Crippen molar-refractivity contribution < 1.29 is 4.52 Å². The van der Waals surface area contributed by atoms with Crippen LogP contribution in [0.5, 0.6) is 0 Å². The summed E-state index contributed by atoms with van der Waals surface area (Å²) in [7, 11) is 0. The quantitative estimate of drug-likeness (QED) is 0.790. The van der Waals surface area contributed by atoms with Crippen molar-refractivity contribution in [3.05, 3.63) is 27.8 Å². The molecule has 1 atom stereocenters. The topological polar surface area (TPSA) is 67.1 Å². The lowest BCUT2D eigenvalue weighted by molar-refractivity contribution is 0.214. The van der Waals surface area contributed by atoms with Crippen LogP contribution in [0.4, 0.5) is 0 Å². The van der Waals surface area contributed by atoms with E-state index in [0.717, 1.165) is 56.6 Å². The van der Waals surface area contributed by atoms with Gasteiger partial charge in [-0.2, -0.15) is 4.98 Å². The highest BCUT2D eigenvalue weighted by Gasteiger charge is 2.21. The van der Waals surface area contributed by atoms with Crippen LogP contribution in [0.1, 0.15) is 42.6 Å². The second-order valence-electron chi connectivity index (χ2n) is 7.09. The molecule has 0 amide bonds. The SMILES string of the molecule is Cc1ncsc1CN(Cc1noc(CC(C)C)n1)C[C@@H]1CCNC1. The molecule has 3 rings (SSSR count). The van der Waals surface area contributed by atoms with Crippen molar-refractivity contribution in [2.24, 2.45) is 11.8 Å². The molecule has 1 aliphatic heterocycles. The predicted molar refractivity (Wildman–Crippen MR) is 94.8 cm³/mol. The highest BCUT2D eigenvalue weighted by molar-refractivity contribution is 7.09. The van der Waals surface area contributed by atoms with Gasteiger partial charge in [0.2, 0.25) is 5.89 Å². The average Bonchev–Trinajstić information content (AvgIpc) is 3.24. The largest absolute Gasteiger partial charge is 0.339 e. The molecule has 0 bridgehead atoms. The van der Waals surface area contributed by atoms with Crippen LogP contribution in [0, 0.1) is 18.8 Å². The van der Waals surface area contributed by atoms with E-state index in [-0.39, 0.29) is 0 Å². The summed E-state index contributed by atoms with van der Waals surface area (Å²) in [6.07, 6.45) is 2.08. The molecule has 2 aromatic rings. The van der Waals surface area contributed by atoms with Gasteiger partial charge < -0.3 is 9.84 Å². The highest BCUT2D eigenvalue weighted by Crippen LogP contribution is 2.19. The number of hydrogen-bond acceptors (Lipinski definition) is 7. The summed E-state index contributed by atoms with van der Waals surface area (Å²) in [6, 6.07) is 0. The van der Waals surface area contributed by atoms with E-state index < -0.39 is 0 Å². The zero-order chi connectivity index (χ0) is 16.9. The summed E-state index contributed by atoms with van der Waals surface area (Å²) in [4.78, 5) is 12.7. The molecule has 1 saturated heterocycles. The molecule has 7 heteroatoms. The molecular weight excluding hydrogens is 322 g/mol. The summed E-state index contributed by atoms with van der Waals surface area (Å²) < 4.78 is 5.40. The molecule has 1 aliphatic rings. The minimum absolute atomic E-state index is 0.527. The second kappa shape index (κ2) is 8.18. The lowest BCUT2D eigenvalue weighted by Crippen LogP contribution is -2.30. The van der Waals surface area contributed by atoms with Gasteiger partial charge in [-0.05, 0) is 38.3 Å². The van der Waals surface area contributed by atoms with Crippen LogP contribution >= 0.6 is 11.3 Å². The van der Waals surface area contributed by atoms with Crippen molar-refractivity contribution in [3.63, 3.8) is 0 Å². The predicted octanol–water partition coefficient (Wildman–Crippen LogP) is 2.64. The molecule has 6 nitrogen and oxygen atoms in total. The number of thiazole rings is 1. The van der Waals surface area contributed by atoms with Gasteiger partial charge in [0.05, 0.1) is 17.7 Å². The van der Waals surface area contributed by atoms with Gasteiger partial charge in [-0.15, -0.1) is 11.3 Å². The van der Waals surface area contributed by atoms with Crippen LogP contribution in [0.25, 0.3) is 0 Å². The van der Waals surface area contributed by atoms with E-state index in [2.05, 4.69) is 46.1 Å². The van der Waals surface area contributed by atoms with Crippen LogP contribution in [-0.2, 0) is 19.5 Å². The molecule has 0 radical (unpaired) electrons. The van der Waals surface area contributed by atoms with Crippen molar-refractivity contribution in [2.45, 2.75) is 46.7 Å². The number of nitrogens with zero attached hydrogens (tertiary/aromatic N) is 4. The Hall–Kier alpha value is -1.31. The third-order valence-electron chi connectivity index (χ3n) is 4.35. The number of rotatable bonds is 8. The summed E-state index contributed by atoms with van der Waals surface area (Å²) in [5, 5.41) is 7.63. The van der Waals surface area contributed by atoms with Crippen LogP contribution in [0.3, 0.4) is 0 Å². The standard InChI is InChI=1S/C17H27N5OS/c1-12(2)6-17-20-16(21-23-17)10-22(8-14-4-5-18-7-14)9-15-13(3)19-11-24-15/h11-12,14,18H,4-10H2,1-3H3/t14-/m1/s1. The minimum atomic E-state index is 0.527. The first kappa shape index (κ1) is 17.5. The molecule has 2 aromatic heterocycles. The average molecular weight is 350 g/mol. The van der Waals surface area contributed by atoms with Crippen LogP contribution < -0.4 is 5.32 Å². The van der Waals surface area contributed by atoms with Gasteiger partial charge in [-0.25, -0.2) is 4.98 Å². The molecule has 1 N–H and O–H groups in total. The number of aromatic nitrogens is 3. The Kier molecular flexibility index (Phi) is 5.97. The molecule has 0 aromatic carbocycles. The maximum absolute atomic E-state index is 5.40. The minimum Gasteiger partial charge on any atom is -0.339 e. The maximum Gasteiger partial charge on any atom is 0.226 e. The Morgan fingerprint density at radius 2 is 2.29 bits per heavy atom. The number of nitrogens with one attached hydrogen (secondary N) is 1. The lowest BCUT2D eigenvalue weighted by atomic mass is 10.1. The van der Waals surface area contributed by atoms with Gasteiger partial charge in [0.15, 0.2) is 5.82 Å². The fourth-order valence-electron chi connectivity index (χ4n) is 3.09. The first-order valence-electron chi connectivity index (χ1n) is 8.73. The Balaban J connectivity index is 1.66. The number of hydrogen-bond donors (Lipinski definition) is 1. The number of aryl methyl sites for hydroxylation is 1. The van der Waals surface area contributed by atoms with Crippen LogP contribution in [-0.4, -0.2) is 39.7 Å². The molecule has 0 saturated carbocycles. The molecule has 0 aliphatic carbocycles. The molecular formula is C17H27N5OS. The Morgan fingerprint density at radius 1 is 1.42 bits per heavy atom.